The number of amides is 3. The van der Waals surface area contributed by atoms with Crippen molar-refractivity contribution in [2.45, 2.75) is 30.8 Å². The van der Waals surface area contributed by atoms with E-state index in [1.807, 2.05) is 24.3 Å². The lowest BCUT2D eigenvalue weighted by atomic mass is 9.75. The van der Waals surface area contributed by atoms with Gasteiger partial charge in [-0.2, -0.15) is 0 Å². The van der Waals surface area contributed by atoms with Gasteiger partial charge in [-0.05, 0) is 49.6 Å². The Morgan fingerprint density at radius 3 is 2.66 bits per heavy atom. The number of hydrogen-bond donors (Lipinski definition) is 1. The first-order chi connectivity index (χ1) is 16.9. The molecule has 4 aliphatic heterocycles. The average molecular weight is 496 g/mol. The van der Waals surface area contributed by atoms with Crippen molar-refractivity contribution in [3.05, 3.63) is 52.5 Å². The highest BCUT2D eigenvalue weighted by molar-refractivity contribution is 6.35. The number of nitrogens with one attached hydrogen (secondary N) is 1. The van der Waals surface area contributed by atoms with E-state index in [9.17, 15) is 14.4 Å². The summed E-state index contributed by atoms with van der Waals surface area (Å²) in [6.45, 7) is 0.913. The third kappa shape index (κ3) is 2.87. The van der Waals surface area contributed by atoms with Gasteiger partial charge in [0.15, 0.2) is 11.5 Å². The molecular weight excluding hydrogens is 470 g/mol. The second-order valence-electron chi connectivity index (χ2n) is 9.56. The standard InChI is InChI=1S/C26H26ClN3O5/c1-34-18-9-8-14(13-19(18)35-2)10-12-29-23(31)20-17-7-4-11-30(17)26(21(20)24(29)32)15-5-3-6-16(27)22(15)28-25(26)33/h3,5-6,8-9,13,17,20-21H,4,7,10-12H2,1-2H3,(H,28,33). The maximum absolute atomic E-state index is 13.9. The molecule has 0 saturated carbocycles. The number of rotatable bonds is 5. The summed E-state index contributed by atoms with van der Waals surface area (Å²) in [5.74, 6) is -0.806. The Morgan fingerprint density at radius 2 is 1.89 bits per heavy atom. The molecule has 1 N–H and O–H groups in total. The molecule has 0 radical (unpaired) electrons. The maximum atomic E-state index is 13.9. The first-order valence-electron chi connectivity index (χ1n) is 11.9. The molecule has 182 valence electrons. The number of benzene rings is 2. The Labute approximate surface area is 208 Å². The monoisotopic (exact) mass is 495 g/mol. The molecule has 3 amide bonds. The first-order valence-corrected chi connectivity index (χ1v) is 12.2. The van der Waals surface area contributed by atoms with Crippen molar-refractivity contribution in [2.24, 2.45) is 11.8 Å². The smallest absolute Gasteiger partial charge is 0.250 e. The molecule has 4 atom stereocenters. The number of para-hydroxylation sites is 1. The van der Waals surface area contributed by atoms with Crippen LogP contribution < -0.4 is 14.8 Å². The molecule has 4 heterocycles. The van der Waals surface area contributed by atoms with Gasteiger partial charge in [-0.1, -0.05) is 29.8 Å². The van der Waals surface area contributed by atoms with E-state index in [2.05, 4.69) is 10.2 Å². The fraction of sp³-hybridized carbons (Fsp3) is 0.423. The number of halogens is 1. The second-order valence-corrected chi connectivity index (χ2v) is 9.96. The summed E-state index contributed by atoms with van der Waals surface area (Å²) in [6, 6.07) is 10.8. The minimum absolute atomic E-state index is 0.141. The molecule has 1 spiro atoms. The van der Waals surface area contributed by atoms with Gasteiger partial charge in [0.05, 0.1) is 36.8 Å². The van der Waals surface area contributed by atoms with Crippen LogP contribution in [0.1, 0.15) is 24.0 Å². The zero-order valence-corrected chi connectivity index (χ0v) is 20.3. The van der Waals surface area contributed by atoms with Crippen molar-refractivity contribution in [2.75, 3.05) is 32.6 Å². The Morgan fingerprint density at radius 1 is 1.09 bits per heavy atom. The van der Waals surface area contributed by atoms with Crippen molar-refractivity contribution >= 4 is 35.0 Å². The highest BCUT2D eigenvalue weighted by atomic mass is 35.5. The molecule has 8 nitrogen and oxygen atoms in total. The summed E-state index contributed by atoms with van der Waals surface area (Å²) in [4.78, 5) is 44.7. The van der Waals surface area contributed by atoms with Crippen LogP contribution in [0.3, 0.4) is 0 Å². The van der Waals surface area contributed by atoms with Crippen molar-refractivity contribution in [1.29, 1.82) is 0 Å². The van der Waals surface area contributed by atoms with Gasteiger partial charge in [-0.15, -0.1) is 0 Å². The van der Waals surface area contributed by atoms with E-state index in [-0.39, 0.29) is 30.3 Å². The van der Waals surface area contributed by atoms with Crippen LogP contribution in [0, 0.1) is 11.8 Å². The van der Waals surface area contributed by atoms with Gasteiger partial charge in [0, 0.05) is 18.2 Å². The van der Waals surface area contributed by atoms with E-state index in [1.54, 1.807) is 26.4 Å². The quantitative estimate of drug-likeness (QED) is 0.642. The molecular formula is C26H26ClN3O5. The Balaban J connectivity index is 1.35. The summed E-state index contributed by atoms with van der Waals surface area (Å²) >= 11 is 6.43. The van der Waals surface area contributed by atoms with Crippen LogP contribution in [0.4, 0.5) is 5.69 Å². The summed E-state index contributed by atoms with van der Waals surface area (Å²) < 4.78 is 10.7. The second kappa shape index (κ2) is 7.96. The molecule has 2 aromatic carbocycles. The maximum Gasteiger partial charge on any atom is 0.250 e. The highest BCUT2D eigenvalue weighted by Crippen LogP contribution is 2.61. The molecule has 0 aromatic heterocycles. The number of methoxy groups -OCH3 is 2. The van der Waals surface area contributed by atoms with Crippen molar-refractivity contribution in [1.82, 2.24) is 9.80 Å². The lowest BCUT2D eigenvalue weighted by molar-refractivity contribution is -0.145. The normalized spacial score (nSPS) is 28.9. The molecule has 0 bridgehead atoms. The predicted octanol–water partition coefficient (Wildman–Crippen LogP) is 2.83. The van der Waals surface area contributed by atoms with E-state index in [0.29, 0.717) is 40.7 Å². The van der Waals surface area contributed by atoms with E-state index >= 15 is 0 Å². The van der Waals surface area contributed by atoms with Gasteiger partial charge >= 0.3 is 0 Å². The first kappa shape index (κ1) is 22.4. The summed E-state index contributed by atoms with van der Waals surface area (Å²) in [7, 11) is 3.14. The van der Waals surface area contributed by atoms with Crippen LogP contribution in [0.2, 0.25) is 5.02 Å². The van der Waals surface area contributed by atoms with Crippen LogP contribution in [0.15, 0.2) is 36.4 Å². The zero-order valence-electron chi connectivity index (χ0n) is 19.5. The topological polar surface area (TPSA) is 88.2 Å². The number of anilines is 1. The number of imide groups is 1. The van der Waals surface area contributed by atoms with E-state index < -0.39 is 17.4 Å². The molecule has 35 heavy (non-hydrogen) atoms. The van der Waals surface area contributed by atoms with Gasteiger partial charge in [-0.3, -0.25) is 24.2 Å². The number of ether oxygens (including phenoxy) is 2. The number of likely N-dealkylation sites (tertiary alicyclic amines) is 1. The lowest BCUT2D eigenvalue weighted by Crippen LogP contribution is -2.54. The molecule has 6 rings (SSSR count). The summed E-state index contributed by atoms with van der Waals surface area (Å²) in [6.07, 6.45) is 2.15. The number of carbonyl (C=O) groups is 3. The van der Waals surface area contributed by atoms with Crippen LogP contribution in [0.25, 0.3) is 0 Å². The van der Waals surface area contributed by atoms with Gasteiger partial charge in [0.2, 0.25) is 11.8 Å². The number of carbonyl (C=O) groups excluding carboxylic acids is 3. The van der Waals surface area contributed by atoms with Crippen LogP contribution in [-0.4, -0.2) is 60.9 Å². The number of nitrogens with zero attached hydrogens (tertiary/aromatic N) is 2. The molecule has 3 fully saturated rings. The van der Waals surface area contributed by atoms with Gasteiger partial charge in [-0.25, -0.2) is 0 Å². The van der Waals surface area contributed by atoms with E-state index in [1.165, 1.54) is 4.90 Å². The van der Waals surface area contributed by atoms with E-state index in [4.69, 9.17) is 21.1 Å². The molecule has 2 aromatic rings. The highest BCUT2D eigenvalue weighted by Gasteiger charge is 2.74. The molecule has 4 aliphatic rings. The molecule has 4 unspecified atom stereocenters. The van der Waals surface area contributed by atoms with Gasteiger partial charge in [0.25, 0.3) is 5.91 Å². The average Bonchev–Trinajstić information content (AvgIpc) is 3.57. The minimum Gasteiger partial charge on any atom is -0.493 e. The summed E-state index contributed by atoms with van der Waals surface area (Å²) in [5, 5.41) is 3.37. The van der Waals surface area contributed by atoms with E-state index in [0.717, 1.165) is 18.4 Å². The van der Waals surface area contributed by atoms with Crippen molar-refractivity contribution in [3.8, 4) is 11.5 Å². The minimum atomic E-state index is -1.20. The molecule has 9 heteroatoms. The van der Waals surface area contributed by atoms with Crippen LogP contribution in [-0.2, 0) is 26.3 Å². The third-order valence-corrected chi connectivity index (χ3v) is 8.46. The predicted molar refractivity (Wildman–Crippen MR) is 128 cm³/mol. The fourth-order valence-corrected chi connectivity index (χ4v) is 6.97. The molecule has 3 saturated heterocycles. The fourth-order valence-electron chi connectivity index (χ4n) is 6.75. The Kier molecular flexibility index (Phi) is 5.09. The Bertz CT molecular complexity index is 1270. The van der Waals surface area contributed by atoms with Gasteiger partial charge < -0.3 is 14.8 Å². The van der Waals surface area contributed by atoms with Crippen molar-refractivity contribution < 1.29 is 23.9 Å². The number of fused-ring (bicyclic) bond motifs is 7. The summed E-state index contributed by atoms with van der Waals surface area (Å²) in [5.41, 5.74) is 0.983. The van der Waals surface area contributed by atoms with Gasteiger partial charge in [0.1, 0.15) is 5.54 Å². The van der Waals surface area contributed by atoms with Crippen LogP contribution >= 0.6 is 11.6 Å². The van der Waals surface area contributed by atoms with Crippen molar-refractivity contribution in [3.63, 3.8) is 0 Å². The Hall–Kier alpha value is -3.10. The number of hydrogen-bond acceptors (Lipinski definition) is 6. The molecule has 0 aliphatic carbocycles. The van der Waals surface area contributed by atoms with Crippen LogP contribution in [0.5, 0.6) is 11.5 Å². The SMILES string of the molecule is COc1ccc(CCN2C(=O)C3C4CCCN4C4(C(=O)Nc5c(Cl)cccc54)C3C2=O)cc1OC. The largest absolute Gasteiger partial charge is 0.493 e. The third-order valence-electron chi connectivity index (χ3n) is 8.14. The zero-order chi connectivity index (χ0) is 24.5. The lowest BCUT2D eigenvalue weighted by Gasteiger charge is -2.36.